The third kappa shape index (κ3) is 8.45. The Hall–Kier alpha value is -1.43. The van der Waals surface area contributed by atoms with Crippen LogP contribution in [0.5, 0.6) is 0 Å². The molecule has 2 amide bonds. The lowest BCUT2D eigenvalue weighted by Crippen LogP contribution is -2.45. The molecule has 1 aliphatic carbocycles. The highest BCUT2D eigenvalue weighted by atomic mass is 32.1. The van der Waals surface area contributed by atoms with Gasteiger partial charge in [-0.15, -0.1) is 11.3 Å². The van der Waals surface area contributed by atoms with Gasteiger partial charge in [0.2, 0.25) is 11.8 Å². The van der Waals surface area contributed by atoms with Crippen LogP contribution >= 0.6 is 11.3 Å². The van der Waals surface area contributed by atoms with E-state index in [0.717, 1.165) is 49.1 Å². The van der Waals surface area contributed by atoms with Crippen LogP contribution in [0.15, 0.2) is 0 Å². The number of carbonyl (C=O) groups is 2. The fourth-order valence-electron chi connectivity index (χ4n) is 4.03. The lowest BCUT2D eigenvalue weighted by atomic mass is 9.93. The largest absolute Gasteiger partial charge is 0.330 e. The maximum Gasteiger partial charge on any atom is 0.245 e. The van der Waals surface area contributed by atoms with Crippen molar-refractivity contribution in [3.05, 3.63) is 10.6 Å². The summed E-state index contributed by atoms with van der Waals surface area (Å²) < 4.78 is 0. The smallest absolute Gasteiger partial charge is 0.245 e. The van der Waals surface area contributed by atoms with Crippen molar-refractivity contribution in [2.24, 2.45) is 0 Å². The number of thiazole rings is 1. The third-order valence-corrected chi connectivity index (χ3v) is 6.91. The Kier molecular flexibility index (Phi) is 10.7. The number of hydrogen-bond donors (Lipinski definition) is 1. The maximum absolute atomic E-state index is 13.0. The molecule has 1 aromatic heterocycles. The van der Waals surface area contributed by atoms with Gasteiger partial charge in [0.25, 0.3) is 0 Å². The van der Waals surface area contributed by atoms with Crippen molar-refractivity contribution < 1.29 is 9.59 Å². The Labute approximate surface area is 180 Å². The van der Waals surface area contributed by atoms with E-state index in [-0.39, 0.29) is 24.4 Å². The highest BCUT2D eigenvalue weighted by Crippen LogP contribution is 2.25. The van der Waals surface area contributed by atoms with Crippen molar-refractivity contribution in [1.29, 1.82) is 0 Å². The standard InChI is InChI=1S/C23H39N3O2S/c1-4-5-6-7-8-9-13-16-22(28)26(20-14-11-10-12-15-20)17-21(27)25-23-24-18(2)19(3)29-23/h20H,4-17H2,1-3H3,(H,24,25,27). The van der Waals surface area contributed by atoms with Crippen molar-refractivity contribution >= 4 is 28.3 Å². The number of nitrogens with zero attached hydrogens (tertiary/aromatic N) is 2. The number of amides is 2. The molecule has 1 fully saturated rings. The molecule has 0 aromatic carbocycles. The van der Waals surface area contributed by atoms with Crippen LogP contribution in [0.2, 0.25) is 0 Å². The summed E-state index contributed by atoms with van der Waals surface area (Å²) in [5.74, 6) is 0.0179. The van der Waals surface area contributed by atoms with Crippen LogP contribution in [0.4, 0.5) is 5.13 Å². The fourth-order valence-corrected chi connectivity index (χ4v) is 4.86. The molecule has 0 saturated heterocycles. The molecular formula is C23H39N3O2S. The first-order valence-corrected chi connectivity index (χ1v) is 12.4. The first-order chi connectivity index (χ1) is 14.0. The average Bonchev–Trinajstić information content (AvgIpc) is 3.02. The Balaban J connectivity index is 1.85. The Bertz CT molecular complexity index is 619. The summed E-state index contributed by atoms with van der Waals surface area (Å²) in [6.45, 7) is 6.33. The third-order valence-electron chi connectivity index (χ3n) is 5.92. The molecule has 0 unspecified atom stereocenters. The zero-order valence-corrected chi connectivity index (χ0v) is 19.4. The van der Waals surface area contributed by atoms with E-state index in [1.165, 1.54) is 49.9 Å². The first kappa shape index (κ1) is 23.8. The van der Waals surface area contributed by atoms with Crippen LogP contribution in [0, 0.1) is 13.8 Å². The van der Waals surface area contributed by atoms with Crippen LogP contribution in [0.3, 0.4) is 0 Å². The second-order valence-electron chi connectivity index (χ2n) is 8.39. The molecule has 1 aliphatic rings. The van der Waals surface area contributed by atoms with Gasteiger partial charge < -0.3 is 10.2 Å². The van der Waals surface area contributed by atoms with Gasteiger partial charge >= 0.3 is 0 Å². The lowest BCUT2D eigenvalue weighted by Gasteiger charge is -2.34. The number of aromatic nitrogens is 1. The first-order valence-electron chi connectivity index (χ1n) is 11.5. The van der Waals surface area contributed by atoms with E-state index >= 15 is 0 Å². The van der Waals surface area contributed by atoms with Gasteiger partial charge in [0.05, 0.1) is 5.69 Å². The van der Waals surface area contributed by atoms with E-state index in [9.17, 15) is 9.59 Å². The van der Waals surface area contributed by atoms with Crippen molar-refractivity contribution in [2.75, 3.05) is 11.9 Å². The van der Waals surface area contributed by atoms with Gasteiger partial charge in [0, 0.05) is 17.3 Å². The highest BCUT2D eigenvalue weighted by molar-refractivity contribution is 7.15. The number of unbranched alkanes of at least 4 members (excludes halogenated alkanes) is 6. The van der Waals surface area contributed by atoms with Crippen LogP contribution < -0.4 is 5.32 Å². The van der Waals surface area contributed by atoms with Crippen LogP contribution in [0.25, 0.3) is 0 Å². The minimum atomic E-state index is -0.128. The van der Waals surface area contributed by atoms with Crippen molar-refractivity contribution in [1.82, 2.24) is 9.88 Å². The number of anilines is 1. The summed E-state index contributed by atoms with van der Waals surface area (Å²) in [5, 5.41) is 3.53. The second kappa shape index (κ2) is 13.0. The predicted octanol–water partition coefficient (Wildman–Crippen LogP) is 6.00. The number of carbonyl (C=O) groups excluding carboxylic acids is 2. The predicted molar refractivity (Wildman–Crippen MR) is 121 cm³/mol. The molecule has 5 nitrogen and oxygen atoms in total. The summed E-state index contributed by atoms with van der Waals surface area (Å²) >= 11 is 1.49. The van der Waals surface area contributed by atoms with E-state index < -0.39 is 0 Å². The summed E-state index contributed by atoms with van der Waals surface area (Å²) in [4.78, 5) is 32.9. The van der Waals surface area contributed by atoms with Gasteiger partial charge in [-0.3, -0.25) is 9.59 Å². The quantitative estimate of drug-likeness (QED) is 0.421. The Morgan fingerprint density at radius 1 is 1.03 bits per heavy atom. The summed E-state index contributed by atoms with van der Waals surface area (Å²) in [5.41, 5.74) is 0.949. The Morgan fingerprint density at radius 2 is 1.69 bits per heavy atom. The van der Waals surface area contributed by atoms with E-state index in [0.29, 0.717) is 11.6 Å². The van der Waals surface area contributed by atoms with E-state index in [1.807, 2.05) is 18.7 Å². The molecule has 0 aliphatic heterocycles. The number of rotatable bonds is 12. The molecule has 1 N–H and O–H groups in total. The van der Waals surface area contributed by atoms with Gasteiger partial charge in [0.15, 0.2) is 5.13 Å². The molecule has 6 heteroatoms. The summed E-state index contributed by atoms with van der Waals surface area (Å²) in [6, 6.07) is 0.214. The molecule has 164 valence electrons. The van der Waals surface area contributed by atoms with Gasteiger partial charge in [-0.05, 0) is 33.1 Å². The van der Waals surface area contributed by atoms with Crippen LogP contribution in [-0.4, -0.2) is 34.3 Å². The molecule has 29 heavy (non-hydrogen) atoms. The molecule has 0 spiro atoms. The SMILES string of the molecule is CCCCCCCCCC(=O)N(CC(=O)Nc1nc(C)c(C)s1)C1CCCCC1. The Morgan fingerprint density at radius 3 is 2.31 bits per heavy atom. The number of nitrogens with one attached hydrogen (secondary N) is 1. The minimum absolute atomic E-state index is 0.128. The van der Waals surface area contributed by atoms with Gasteiger partial charge in [-0.1, -0.05) is 64.7 Å². The van der Waals surface area contributed by atoms with Gasteiger partial charge in [-0.25, -0.2) is 4.98 Å². The molecular weight excluding hydrogens is 382 g/mol. The summed E-state index contributed by atoms with van der Waals surface area (Å²) in [7, 11) is 0. The average molecular weight is 422 g/mol. The molecule has 1 aromatic rings. The lowest BCUT2D eigenvalue weighted by molar-refractivity contribution is -0.137. The number of aryl methyl sites for hydroxylation is 2. The summed E-state index contributed by atoms with van der Waals surface area (Å²) in [6.07, 6.45) is 14.5. The van der Waals surface area contributed by atoms with E-state index in [2.05, 4.69) is 17.2 Å². The topological polar surface area (TPSA) is 62.3 Å². The highest BCUT2D eigenvalue weighted by Gasteiger charge is 2.27. The van der Waals surface area contributed by atoms with Crippen molar-refractivity contribution in [2.45, 2.75) is 110 Å². The zero-order valence-electron chi connectivity index (χ0n) is 18.6. The molecule has 0 atom stereocenters. The maximum atomic E-state index is 13.0. The molecule has 2 rings (SSSR count). The van der Waals surface area contributed by atoms with Crippen molar-refractivity contribution in [3.63, 3.8) is 0 Å². The van der Waals surface area contributed by atoms with E-state index in [1.54, 1.807) is 0 Å². The molecule has 0 radical (unpaired) electrons. The van der Waals surface area contributed by atoms with Gasteiger partial charge in [0.1, 0.15) is 6.54 Å². The van der Waals surface area contributed by atoms with Crippen LogP contribution in [0.1, 0.15) is 101 Å². The monoisotopic (exact) mass is 421 g/mol. The molecule has 1 saturated carbocycles. The van der Waals surface area contributed by atoms with Crippen LogP contribution in [-0.2, 0) is 9.59 Å². The molecule has 1 heterocycles. The van der Waals surface area contributed by atoms with Crippen molar-refractivity contribution in [3.8, 4) is 0 Å². The fraction of sp³-hybridized carbons (Fsp3) is 0.783. The second-order valence-corrected chi connectivity index (χ2v) is 9.60. The molecule has 0 bridgehead atoms. The van der Waals surface area contributed by atoms with Gasteiger partial charge in [-0.2, -0.15) is 0 Å². The normalized spacial score (nSPS) is 14.7. The van der Waals surface area contributed by atoms with E-state index in [4.69, 9.17) is 0 Å². The minimum Gasteiger partial charge on any atom is -0.330 e. The zero-order chi connectivity index (χ0) is 21.1. The number of hydrogen-bond acceptors (Lipinski definition) is 4.